The van der Waals surface area contributed by atoms with Crippen molar-refractivity contribution in [3.63, 3.8) is 0 Å². The molecule has 22 heavy (non-hydrogen) atoms. The van der Waals surface area contributed by atoms with Gasteiger partial charge in [0.15, 0.2) is 0 Å². The molecular formula is C15H12ClN5S. The van der Waals surface area contributed by atoms with Crippen LogP contribution in [0.5, 0.6) is 0 Å². The third kappa shape index (κ3) is 3.29. The van der Waals surface area contributed by atoms with E-state index in [-0.39, 0.29) is 0 Å². The predicted molar refractivity (Wildman–Crippen MR) is 91.0 cm³/mol. The van der Waals surface area contributed by atoms with E-state index in [1.807, 2.05) is 17.5 Å². The second-order valence-corrected chi connectivity index (χ2v) is 5.57. The molecule has 0 aliphatic carbocycles. The molecule has 7 heteroatoms. The van der Waals surface area contributed by atoms with Gasteiger partial charge in [-0.25, -0.2) is 9.97 Å². The Kier molecular flexibility index (Phi) is 4.41. The molecule has 110 valence electrons. The number of aliphatic imine (C=N–C) groups is 1. The quantitative estimate of drug-likeness (QED) is 0.588. The lowest BCUT2D eigenvalue weighted by molar-refractivity contribution is 1.02. The van der Waals surface area contributed by atoms with Crippen molar-refractivity contribution < 1.29 is 0 Å². The summed E-state index contributed by atoms with van der Waals surface area (Å²) in [7, 11) is 0. The first kappa shape index (κ1) is 14.6. The molecule has 3 heterocycles. The van der Waals surface area contributed by atoms with Crippen molar-refractivity contribution in [2.24, 2.45) is 10.7 Å². The van der Waals surface area contributed by atoms with E-state index in [2.05, 4.69) is 19.9 Å². The van der Waals surface area contributed by atoms with E-state index < -0.39 is 0 Å². The monoisotopic (exact) mass is 329 g/mol. The van der Waals surface area contributed by atoms with Gasteiger partial charge >= 0.3 is 0 Å². The molecule has 3 aromatic rings. The Hall–Kier alpha value is -2.31. The van der Waals surface area contributed by atoms with Crippen LogP contribution in [0.25, 0.3) is 16.6 Å². The van der Waals surface area contributed by atoms with E-state index >= 15 is 0 Å². The van der Waals surface area contributed by atoms with Gasteiger partial charge in [-0.3, -0.25) is 9.98 Å². The molecule has 0 saturated carbocycles. The van der Waals surface area contributed by atoms with Crippen molar-refractivity contribution in [2.45, 2.75) is 6.54 Å². The SMILES string of the molecule is NC=C(C=NCc1cscn1)c1cnc2ccc(Cl)nc2c1. The van der Waals surface area contributed by atoms with Gasteiger partial charge in [0.05, 0.1) is 28.8 Å². The summed E-state index contributed by atoms with van der Waals surface area (Å²) < 4.78 is 0. The highest BCUT2D eigenvalue weighted by molar-refractivity contribution is 7.07. The lowest BCUT2D eigenvalue weighted by atomic mass is 10.1. The zero-order chi connectivity index (χ0) is 15.4. The maximum absolute atomic E-state index is 5.91. The number of fused-ring (bicyclic) bond motifs is 1. The molecule has 0 atom stereocenters. The lowest BCUT2D eigenvalue weighted by Crippen LogP contribution is -1.94. The maximum Gasteiger partial charge on any atom is 0.129 e. The van der Waals surface area contributed by atoms with E-state index in [1.165, 1.54) is 6.20 Å². The van der Waals surface area contributed by atoms with Crippen LogP contribution in [0.3, 0.4) is 0 Å². The van der Waals surface area contributed by atoms with Crippen molar-refractivity contribution in [1.29, 1.82) is 0 Å². The van der Waals surface area contributed by atoms with Gasteiger partial charge in [0.1, 0.15) is 5.15 Å². The van der Waals surface area contributed by atoms with Crippen LogP contribution in [-0.4, -0.2) is 21.2 Å². The number of nitrogens with two attached hydrogens (primary N) is 1. The zero-order valence-corrected chi connectivity index (χ0v) is 13.1. The van der Waals surface area contributed by atoms with Crippen molar-refractivity contribution in [2.75, 3.05) is 0 Å². The number of thiazole rings is 1. The molecule has 5 nitrogen and oxygen atoms in total. The molecular weight excluding hydrogens is 318 g/mol. The van der Waals surface area contributed by atoms with Gasteiger partial charge in [-0.05, 0) is 18.2 Å². The number of allylic oxidation sites excluding steroid dienone is 1. The molecule has 0 spiro atoms. The van der Waals surface area contributed by atoms with Crippen molar-refractivity contribution in [3.05, 3.63) is 57.9 Å². The van der Waals surface area contributed by atoms with Crippen LogP contribution in [-0.2, 0) is 6.54 Å². The second-order valence-electron chi connectivity index (χ2n) is 4.47. The van der Waals surface area contributed by atoms with Crippen LogP contribution in [0.2, 0.25) is 5.15 Å². The zero-order valence-electron chi connectivity index (χ0n) is 11.5. The Morgan fingerprint density at radius 3 is 3.00 bits per heavy atom. The van der Waals surface area contributed by atoms with Gasteiger partial charge in [-0.2, -0.15) is 0 Å². The number of nitrogens with zero attached hydrogens (tertiary/aromatic N) is 4. The van der Waals surface area contributed by atoms with Gasteiger partial charge in [0.25, 0.3) is 0 Å². The summed E-state index contributed by atoms with van der Waals surface area (Å²) in [6.45, 7) is 0.520. The molecule has 0 radical (unpaired) electrons. The molecule has 3 rings (SSSR count). The summed E-state index contributed by atoms with van der Waals surface area (Å²) in [5.41, 5.74) is 11.5. The Balaban J connectivity index is 1.85. The summed E-state index contributed by atoms with van der Waals surface area (Å²) in [5, 5.41) is 2.40. The van der Waals surface area contributed by atoms with E-state index in [1.54, 1.807) is 35.3 Å². The summed E-state index contributed by atoms with van der Waals surface area (Å²) in [6, 6.07) is 5.43. The summed E-state index contributed by atoms with van der Waals surface area (Å²) in [6.07, 6.45) is 4.95. The van der Waals surface area contributed by atoms with Crippen LogP contribution < -0.4 is 5.73 Å². The highest BCUT2D eigenvalue weighted by Gasteiger charge is 2.04. The van der Waals surface area contributed by atoms with E-state index in [4.69, 9.17) is 17.3 Å². The molecule has 0 aromatic carbocycles. The fourth-order valence-electron chi connectivity index (χ4n) is 1.91. The second kappa shape index (κ2) is 6.64. The summed E-state index contributed by atoms with van der Waals surface area (Å²) in [5.74, 6) is 0. The minimum atomic E-state index is 0.432. The number of hydrogen-bond acceptors (Lipinski definition) is 6. The largest absolute Gasteiger partial charge is 0.404 e. The van der Waals surface area contributed by atoms with Crippen molar-refractivity contribution in [3.8, 4) is 0 Å². The van der Waals surface area contributed by atoms with Crippen molar-refractivity contribution in [1.82, 2.24) is 15.0 Å². The highest BCUT2D eigenvalue weighted by Crippen LogP contribution is 2.18. The van der Waals surface area contributed by atoms with E-state index in [0.717, 1.165) is 27.9 Å². The predicted octanol–water partition coefficient (Wildman–Crippen LogP) is 3.31. The molecule has 0 fully saturated rings. The number of hydrogen-bond donors (Lipinski definition) is 1. The van der Waals surface area contributed by atoms with Gasteiger partial charge in [-0.15, -0.1) is 11.3 Å². The van der Waals surface area contributed by atoms with Gasteiger partial charge < -0.3 is 5.73 Å². The fraction of sp³-hybridized carbons (Fsp3) is 0.0667. The number of halogens is 1. The molecule has 0 saturated heterocycles. The van der Waals surface area contributed by atoms with Gasteiger partial charge in [-0.1, -0.05) is 11.6 Å². The van der Waals surface area contributed by atoms with Crippen LogP contribution in [0.4, 0.5) is 0 Å². The third-order valence-electron chi connectivity index (χ3n) is 2.98. The minimum absolute atomic E-state index is 0.432. The molecule has 3 aromatic heterocycles. The van der Waals surface area contributed by atoms with Crippen LogP contribution in [0.1, 0.15) is 11.3 Å². The van der Waals surface area contributed by atoms with Gasteiger partial charge in [0, 0.05) is 35.1 Å². The summed E-state index contributed by atoms with van der Waals surface area (Å²) >= 11 is 7.46. The Morgan fingerprint density at radius 1 is 1.32 bits per heavy atom. The first-order chi connectivity index (χ1) is 10.8. The fourth-order valence-corrected chi connectivity index (χ4v) is 2.61. The molecule has 0 amide bonds. The first-order valence-corrected chi connectivity index (χ1v) is 7.80. The van der Waals surface area contributed by atoms with Crippen LogP contribution in [0.15, 0.2) is 46.5 Å². The Bertz CT molecular complexity index is 842. The van der Waals surface area contributed by atoms with E-state index in [0.29, 0.717) is 11.7 Å². The molecule has 0 unspecified atom stereocenters. The standard InChI is InChI=1S/C15H12ClN5S/c16-15-2-1-13-14(21-15)3-10(6-19-13)11(4-17)5-18-7-12-8-22-9-20-12/h1-6,8-9H,7,17H2. The average Bonchev–Trinajstić information content (AvgIpc) is 3.04. The molecule has 0 aliphatic rings. The highest BCUT2D eigenvalue weighted by atomic mass is 35.5. The first-order valence-electron chi connectivity index (χ1n) is 6.48. The maximum atomic E-state index is 5.91. The number of pyridine rings is 2. The number of rotatable bonds is 4. The normalized spacial score (nSPS) is 12.3. The van der Waals surface area contributed by atoms with Crippen LogP contribution >= 0.6 is 22.9 Å². The Labute approximate surface area is 136 Å². The third-order valence-corrected chi connectivity index (χ3v) is 3.83. The molecule has 2 N–H and O–H groups in total. The van der Waals surface area contributed by atoms with E-state index in [9.17, 15) is 0 Å². The molecule has 0 aliphatic heterocycles. The molecule has 0 bridgehead atoms. The Morgan fingerprint density at radius 2 is 2.23 bits per heavy atom. The summed E-state index contributed by atoms with van der Waals surface area (Å²) in [4.78, 5) is 17.1. The van der Waals surface area contributed by atoms with Crippen molar-refractivity contribution >= 4 is 45.8 Å². The lowest BCUT2D eigenvalue weighted by Gasteiger charge is -2.03. The average molecular weight is 330 g/mol. The van der Waals surface area contributed by atoms with Crippen LogP contribution in [0, 0.1) is 0 Å². The smallest absolute Gasteiger partial charge is 0.129 e. The van der Waals surface area contributed by atoms with Gasteiger partial charge in [0.2, 0.25) is 0 Å². The number of aromatic nitrogens is 3. The minimum Gasteiger partial charge on any atom is -0.404 e. The topological polar surface area (TPSA) is 77.0 Å².